The SMILES string of the molecule is CCc1cc(NC(=O)c2ncc(-c3cn(C)nc3C(F)(F)F)n2C)ccc1C(=O)NCCOCCNC(=O)OC(C)(C)C. The van der Waals surface area contributed by atoms with Gasteiger partial charge in [-0.3, -0.25) is 14.3 Å². The molecule has 2 heterocycles. The lowest BCUT2D eigenvalue weighted by Gasteiger charge is -2.19. The van der Waals surface area contributed by atoms with Gasteiger partial charge in [0.15, 0.2) is 11.5 Å². The second-order valence-electron chi connectivity index (χ2n) is 10.6. The largest absolute Gasteiger partial charge is 0.444 e. The number of amides is 3. The second kappa shape index (κ2) is 13.7. The number of ether oxygens (including phenoxy) is 2. The number of nitrogens with one attached hydrogen (secondary N) is 3. The highest BCUT2D eigenvalue weighted by Crippen LogP contribution is 2.36. The molecule has 3 rings (SSSR count). The number of carbonyl (C=O) groups is 3. The molecule has 15 heteroatoms. The first-order valence-electron chi connectivity index (χ1n) is 13.5. The maximum Gasteiger partial charge on any atom is 0.435 e. The number of aromatic nitrogens is 4. The Labute approximate surface area is 246 Å². The minimum absolute atomic E-state index is 0.0788. The van der Waals surface area contributed by atoms with Crippen molar-refractivity contribution in [1.29, 1.82) is 0 Å². The van der Waals surface area contributed by atoms with E-state index in [9.17, 15) is 27.6 Å². The average Bonchev–Trinajstić information content (AvgIpc) is 3.49. The molecular formula is C28H36F3N7O5. The van der Waals surface area contributed by atoms with Gasteiger partial charge in [0.1, 0.15) is 5.60 Å². The minimum Gasteiger partial charge on any atom is -0.444 e. The molecule has 12 nitrogen and oxygen atoms in total. The van der Waals surface area contributed by atoms with Crippen molar-refractivity contribution < 1.29 is 37.0 Å². The van der Waals surface area contributed by atoms with Gasteiger partial charge in [-0.1, -0.05) is 6.92 Å². The molecule has 0 radical (unpaired) electrons. The number of aryl methyl sites for hydroxylation is 2. The van der Waals surface area contributed by atoms with Gasteiger partial charge in [0, 0.05) is 44.6 Å². The fourth-order valence-electron chi connectivity index (χ4n) is 4.10. The van der Waals surface area contributed by atoms with Gasteiger partial charge in [-0.25, -0.2) is 9.78 Å². The third kappa shape index (κ3) is 9.04. The zero-order valence-electron chi connectivity index (χ0n) is 24.9. The zero-order chi connectivity index (χ0) is 31.9. The molecule has 0 fully saturated rings. The van der Waals surface area contributed by atoms with Crippen LogP contribution in [0.1, 0.15) is 59.9 Å². The van der Waals surface area contributed by atoms with Crippen LogP contribution in [0.25, 0.3) is 11.3 Å². The first-order valence-corrected chi connectivity index (χ1v) is 13.5. The topological polar surface area (TPSA) is 141 Å². The van der Waals surface area contributed by atoms with Crippen molar-refractivity contribution in [1.82, 2.24) is 30.0 Å². The lowest BCUT2D eigenvalue weighted by atomic mass is 10.0. The van der Waals surface area contributed by atoms with E-state index in [1.165, 1.54) is 31.1 Å². The maximum atomic E-state index is 13.5. The van der Waals surface area contributed by atoms with Crippen LogP contribution in [0.15, 0.2) is 30.6 Å². The molecule has 0 unspecified atom stereocenters. The Morgan fingerprint density at radius 2 is 1.67 bits per heavy atom. The predicted octanol–water partition coefficient (Wildman–Crippen LogP) is 3.93. The normalized spacial score (nSPS) is 11.7. The Balaban J connectivity index is 1.56. The van der Waals surface area contributed by atoms with Crippen LogP contribution in [0.4, 0.5) is 23.7 Å². The van der Waals surface area contributed by atoms with Crippen LogP contribution in [0, 0.1) is 0 Å². The number of rotatable bonds is 11. The molecule has 3 N–H and O–H groups in total. The van der Waals surface area contributed by atoms with Gasteiger partial charge < -0.3 is 30.0 Å². The summed E-state index contributed by atoms with van der Waals surface area (Å²) < 4.78 is 53.2. The Bertz CT molecular complexity index is 1460. The summed E-state index contributed by atoms with van der Waals surface area (Å²) in [5.41, 5.74) is -0.307. The van der Waals surface area contributed by atoms with E-state index in [1.54, 1.807) is 39.0 Å². The fraction of sp³-hybridized carbons (Fsp3) is 0.464. The number of imidazole rings is 1. The number of alkyl carbamates (subject to hydrolysis) is 1. The highest BCUT2D eigenvalue weighted by atomic mass is 19.4. The van der Waals surface area contributed by atoms with Crippen LogP contribution in [-0.2, 0) is 36.2 Å². The second-order valence-corrected chi connectivity index (χ2v) is 10.6. The number of carbonyl (C=O) groups excluding carboxylic acids is 3. The van der Waals surface area contributed by atoms with Crippen molar-refractivity contribution in [3.63, 3.8) is 0 Å². The molecule has 0 atom stereocenters. The van der Waals surface area contributed by atoms with Crippen LogP contribution in [-0.4, -0.2) is 69.1 Å². The van der Waals surface area contributed by atoms with Crippen molar-refractivity contribution >= 4 is 23.6 Å². The molecular weight excluding hydrogens is 571 g/mol. The molecule has 3 aromatic rings. The molecule has 0 aliphatic heterocycles. The summed E-state index contributed by atoms with van der Waals surface area (Å²) in [4.78, 5) is 41.4. The number of anilines is 1. The van der Waals surface area contributed by atoms with Crippen LogP contribution < -0.4 is 16.0 Å². The lowest BCUT2D eigenvalue weighted by Crippen LogP contribution is -2.34. The van der Waals surface area contributed by atoms with E-state index in [0.29, 0.717) is 23.2 Å². The highest BCUT2D eigenvalue weighted by molar-refractivity contribution is 6.03. The lowest BCUT2D eigenvalue weighted by molar-refractivity contribution is -0.141. The number of hydrogen-bond donors (Lipinski definition) is 3. The number of alkyl halides is 3. The number of hydrogen-bond acceptors (Lipinski definition) is 7. The maximum absolute atomic E-state index is 13.5. The molecule has 0 spiro atoms. The van der Waals surface area contributed by atoms with Crippen molar-refractivity contribution in [3.8, 4) is 11.3 Å². The molecule has 0 saturated heterocycles. The summed E-state index contributed by atoms with van der Waals surface area (Å²) in [6.45, 7) is 8.12. The Morgan fingerprint density at radius 1 is 1.00 bits per heavy atom. The van der Waals surface area contributed by atoms with Gasteiger partial charge >= 0.3 is 12.3 Å². The van der Waals surface area contributed by atoms with Crippen molar-refractivity contribution in [2.45, 2.75) is 45.9 Å². The van der Waals surface area contributed by atoms with Gasteiger partial charge in [-0.05, 0) is 51.0 Å². The Hall–Kier alpha value is -4.40. The van der Waals surface area contributed by atoms with E-state index in [4.69, 9.17) is 9.47 Å². The standard InChI is InChI=1S/C28H36F3N7O5/c1-7-17-14-18(8-9-19(17)24(39)32-10-12-42-13-11-33-26(41)43-27(2,3)4)35-25(40)23-34-15-21(38(23)6)20-16-37(5)36-22(20)28(29,30)31/h8-9,14-16H,7,10-13H2,1-6H3,(H,32,39)(H,33,41)(H,35,40). The van der Waals surface area contributed by atoms with E-state index < -0.39 is 29.5 Å². The van der Waals surface area contributed by atoms with E-state index in [0.717, 1.165) is 4.68 Å². The van der Waals surface area contributed by atoms with E-state index >= 15 is 0 Å². The number of halogens is 3. The monoisotopic (exact) mass is 607 g/mol. The Morgan fingerprint density at radius 3 is 2.30 bits per heavy atom. The third-order valence-corrected chi connectivity index (χ3v) is 6.00. The first-order chi connectivity index (χ1) is 20.1. The molecule has 234 valence electrons. The van der Waals surface area contributed by atoms with Crippen molar-refractivity contribution in [3.05, 3.63) is 53.2 Å². The van der Waals surface area contributed by atoms with Crippen LogP contribution in [0.5, 0.6) is 0 Å². The van der Waals surface area contributed by atoms with Gasteiger partial charge in [-0.2, -0.15) is 18.3 Å². The molecule has 43 heavy (non-hydrogen) atoms. The molecule has 0 aliphatic rings. The molecule has 3 amide bonds. The highest BCUT2D eigenvalue weighted by Gasteiger charge is 2.38. The summed E-state index contributed by atoms with van der Waals surface area (Å²) in [5, 5.41) is 11.5. The van der Waals surface area contributed by atoms with Crippen LogP contribution in [0.3, 0.4) is 0 Å². The third-order valence-electron chi connectivity index (χ3n) is 6.00. The molecule has 0 saturated carbocycles. The summed E-state index contributed by atoms with van der Waals surface area (Å²) in [7, 11) is 2.82. The van der Waals surface area contributed by atoms with Gasteiger partial charge in [-0.15, -0.1) is 0 Å². The number of benzene rings is 1. The van der Waals surface area contributed by atoms with Gasteiger partial charge in [0.05, 0.1) is 30.7 Å². The zero-order valence-corrected chi connectivity index (χ0v) is 24.9. The molecule has 2 aromatic heterocycles. The van der Waals surface area contributed by atoms with E-state index in [-0.39, 0.29) is 49.3 Å². The quantitative estimate of drug-likeness (QED) is 0.281. The van der Waals surface area contributed by atoms with Crippen molar-refractivity contribution in [2.75, 3.05) is 31.6 Å². The van der Waals surface area contributed by atoms with E-state index in [2.05, 4.69) is 26.0 Å². The summed E-state index contributed by atoms with van der Waals surface area (Å²) in [6, 6.07) is 4.78. The summed E-state index contributed by atoms with van der Waals surface area (Å²) in [6.07, 6.45) is -2.32. The van der Waals surface area contributed by atoms with Gasteiger partial charge in [0.25, 0.3) is 11.8 Å². The molecule has 0 bridgehead atoms. The smallest absolute Gasteiger partial charge is 0.435 e. The summed E-state index contributed by atoms with van der Waals surface area (Å²) in [5.74, 6) is -1.06. The number of nitrogens with zero attached hydrogens (tertiary/aromatic N) is 4. The van der Waals surface area contributed by atoms with Crippen LogP contribution in [0.2, 0.25) is 0 Å². The molecule has 1 aromatic carbocycles. The predicted molar refractivity (Wildman–Crippen MR) is 152 cm³/mol. The van der Waals surface area contributed by atoms with Crippen molar-refractivity contribution in [2.24, 2.45) is 14.1 Å². The first kappa shape index (κ1) is 33.1. The molecule has 0 aliphatic carbocycles. The van der Waals surface area contributed by atoms with Gasteiger partial charge in [0.2, 0.25) is 0 Å². The minimum atomic E-state index is -4.68. The fourth-order valence-corrected chi connectivity index (χ4v) is 4.10. The van der Waals surface area contributed by atoms with E-state index in [1.807, 2.05) is 6.92 Å². The summed E-state index contributed by atoms with van der Waals surface area (Å²) >= 11 is 0. The average molecular weight is 608 g/mol. The Kier molecular flexibility index (Phi) is 10.6. The van der Waals surface area contributed by atoms with Crippen LogP contribution >= 0.6 is 0 Å².